The summed E-state index contributed by atoms with van der Waals surface area (Å²) in [5, 5.41) is 8.41. The number of carbonyl (C=O) groups is 1. The highest BCUT2D eigenvalue weighted by atomic mass is 32.1. The highest BCUT2D eigenvalue weighted by Gasteiger charge is 2.10. The minimum absolute atomic E-state index is 0.147. The smallest absolute Gasteiger partial charge is 0.284 e. The lowest BCUT2D eigenvalue weighted by molar-refractivity contribution is 0.0891. The quantitative estimate of drug-likeness (QED) is 0.846. The third-order valence-electron chi connectivity index (χ3n) is 2.25. The number of carbonyl (C=O) groups excluding carboxylic acids is 1. The van der Waals surface area contributed by atoms with E-state index >= 15 is 0 Å². The highest BCUT2D eigenvalue weighted by Crippen LogP contribution is 2.17. The first-order chi connectivity index (χ1) is 9.06. The van der Waals surface area contributed by atoms with Gasteiger partial charge in [0.2, 0.25) is 5.89 Å². The van der Waals surface area contributed by atoms with Crippen molar-refractivity contribution >= 4 is 18.1 Å². The van der Waals surface area contributed by atoms with Gasteiger partial charge in [-0.05, 0) is 36.5 Å². The van der Waals surface area contributed by atoms with E-state index in [0.717, 1.165) is 0 Å². The van der Waals surface area contributed by atoms with Gasteiger partial charge < -0.3 is 9.73 Å². The summed E-state index contributed by atoms with van der Waals surface area (Å²) in [6.07, 6.45) is -2.57. The monoisotopic (exact) mass is 285 g/mol. The molecule has 8 heteroatoms. The van der Waals surface area contributed by atoms with E-state index in [2.05, 4.69) is 15.5 Å². The van der Waals surface area contributed by atoms with Gasteiger partial charge in [-0.1, -0.05) is 0 Å². The van der Waals surface area contributed by atoms with E-state index in [0.29, 0.717) is 11.5 Å². The van der Waals surface area contributed by atoms with Crippen LogP contribution in [0.2, 0.25) is 0 Å². The van der Waals surface area contributed by atoms with Gasteiger partial charge in [-0.2, -0.15) is 0 Å². The van der Waals surface area contributed by atoms with Crippen molar-refractivity contribution in [2.75, 3.05) is 6.54 Å². The number of hydrogen-bond acceptors (Lipinski definition) is 4. The summed E-state index contributed by atoms with van der Waals surface area (Å²) in [7, 11) is 0. The van der Waals surface area contributed by atoms with Crippen molar-refractivity contribution < 1.29 is 18.0 Å². The van der Waals surface area contributed by atoms with Gasteiger partial charge in [-0.3, -0.25) is 4.79 Å². The first-order valence-corrected chi connectivity index (χ1v) is 5.69. The molecule has 0 aliphatic heterocycles. The molecule has 0 aliphatic carbocycles. The second kappa shape index (κ2) is 5.70. The zero-order valence-electron chi connectivity index (χ0n) is 9.52. The molecule has 1 aromatic heterocycles. The Bertz CT molecular complexity index is 621. The Morgan fingerprint density at radius 1 is 1.42 bits per heavy atom. The highest BCUT2D eigenvalue weighted by molar-refractivity contribution is 7.71. The lowest BCUT2D eigenvalue weighted by Gasteiger charge is -2.04. The Morgan fingerprint density at radius 3 is 2.63 bits per heavy atom. The van der Waals surface area contributed by atoms with Crippen LogP contribution in [-0.4, -0.2) is 29.1 Å². The Labute approximate surface area is 111 Å². The molecule has 1 heterocycles. The molecule has 0 aliphatic rings. The van der Waals surface area contributed by atoms with Crippen LogP contribution in [-0.2, 0) is 0 Å². The summed E-state index contributed by atoms with van der Waals surface area (Å²) >= 11 is 4.74. The van der Waals surface area contributed by atoms with E-state index in [1.165, 1.54) is 12.1 Å². The lowest BCUT2D eigenvalue weighted by atomic mass is 10.1. The molecule has 5 nitrogen and oxygen atoms in total. The number of nitrogens with one attached hydrogen (secondary N) is 2. The van der Waals surface area contributed by atoms with Crippen LogP contribution in [0.1, 0.15) is 10.4 Å². The third kappa shape index (κ3) is 3.44. The fraction of sp³-hybridized carbons (Fsp3) is 0.182. The number of amides is 1. The van der Waals surface area contributed by atoms with Crippen molar-refractivity contribution in [3.63, 3.8) is 0 Å². The Hall–Kier alpha value is -2.09. The average molecular weight is 285 g/mol. The minimum Gasteiger partial charge on any atom is -0.409 e. The molecule has 1 aromatic carbocycles. The molecule has 2 N–H and O–H groups in total. The van der Waals surface area contributed by atoms with Crippen LogP contribution in [0.25, 0.3) is 11.5 Å². The molecule has 1 amide bonds. The molecular weight excluding hydrogens is 276 g/mol. The SMILES string of the molecule is O=C(NCC(F)F)c1ccc(-c2n[nH]c(=S)o2)cc1. The standard InChI is InChI=1S/C11H9F2N3O2S/c12-8(13)5-14-9(17)6-1-3-7(4-2-6)10-15-16-11(19)18-10/h1-4,8H,5H2,(H,14,17)(H,16,19). The Kier molecular flexibility index (Phi) is 4.00. The fourth-order valence-corrected chi connectivity index (χ4v) is 1.51. The zero-order chi connectivity index (χ0) is 13.8. The van der Waals surface area contributed by atoms with Crippen LogP contribution in [0.3, 0.4) is 0 Å². The molecule has 0 fully saturated rings. The van der Waals surface area contributed by atoms with Gasteiger partial charge in [0.15, 0.2) is 0 Å². The van der Waals surface area contributed by atoms with E-state index in [1.54, 1.807) is 12.1 Å². The molecule has 0 spiro atoms. The number of halogens is 2. The van der Waals surface area contributed by atoms with E-state index in [9.17, 15) is 13.6 Å². The molecule has 2 rings (SSSR count). The molecule has 0 unspecified atom stereocenters. The van der Waals surface area contributed by atoms with Crippen LogP contribution in [0.5, 0.6) is 0 Å². The van der Waals surface area contributed by atoms with Crippen LogP contribution < -0.4 is 5.32 Å². The van der Waals surface area contributed by atoms with Gasteiger partial charge in [0.25, 0.3) is 17.2 Å². The molecule has 0 saturated carbocycles. The van der Waals surface area contributed by atoms with Crippen LogP contribution in [0.4, 0.5) is 8.78 Å². The molecule has 19 heavy (non-hydrogen) atoms. The first-order valence-electron chi connectivity index (χ1n) is 5.28. The van der Waals surface area contributed by atoms with Gasteiger partial charge in [0.05, 0.1) is 6.54 Å². The van der Waals surface area contributed by atoms with Gasteiger partial charge >= 0.3 is 0 Å². The van der Waals surface area contributed by atoms with Gasteiger partial charge in [0.1, 0.15) is 0 Å². The maximum Gasteiger partial charge on any atom is 0.284 e. The summed E-state index contributed by atoms with van der Waals surface area (Å²) < 4.78 is 29.0. The molecule has 0 radical (unpaired) electrons. The largest absolute Gasteiger partial charge is 0.409 e. The van der Waals surface area contributed by atoms with E-state index in [1.807, 2.05) is 0 Å². The summed E-state index contributed by atoms with van der Waals surface area (Å²) in [4.78, 5) is 11.6. The number of alkyl halides is 2. The predicted molar refractivity (Wildman–Crippen MR) is 65.5 cm³/mol. The van der Waals surface area contributed by atoms with Gasteiger partial charge in [-0.15, -0.1) is 5.10 Å². The van der Waals surface area contributed by atoms with Gasteiger partial charge in [0, 0.05) is 11.1 Å². The zero-order valence-corrected chi connectivity index (χ0v) is 10.3. The number of H-pyrrole nitrogens is 1. The molecule has 0 bridgehead atoms. The maximum absolute atomic E-state index is 11.9. The van der Waals surface area contributed by atoms with Crippen molar-refractivity contribution in [2.45, 2.75) is 6.43 Å². The fourth-order valence-electron chi connectivity index (χ4n) is 1.39. The van der Waals surface area contributed by atoms with E-state index in [4.69, 9.17) is 16.6 Å². The average Bonchev–Trinajstić information content (AvgIpc) is 2.83. The summed E-state index contributed by atoms with van der Waals surface area (Å²) in [6.45, 7) is -0.672. The number of nitrogens with zero attached hydrogens (tertiary/aromatic N) is 1. The van der Waals surface area contributed by atoms with Crippen molar-refractivity contribution in [3.05, 3.63) is 34.7 Å². The number of hydrogen-bond donors (Lipinski definition) is 2. The van der Waals surface area contributed by atoms with E-state index in [-0.39, 0.29) is 10.4 Å². The summed E-state index contributed by atoms with van der Waals surface area (Å²) in [5.74, 6) is -0.265. The second-order valence-electron chi connectivity index (χ2n) is 3.60. The number of aromatic nitrogens is 2. The van der Waals surface area contributed by atoms with Crippen molar-refractivity contribution in [1.29, 1.82) is 0 Å². The Balaban J connectivity index is 2.10. The predicted octanol–water partition coefficient (Wildman–Crippen LogP) is 2.39. The lowest BCUT2D eigenvalue weighted by Crippen LogP contribution is -2.28. The molecule has 2 aromatic rings. The van der Waals surface area contributed by atoms with Crippen molar-refractivity contribution in [2.24, 2.45) is 0 Å². The summed E-state index contributed by atoms with van der Waals surface area (Å²) in [5.41, 5.74) is 0.899. The number of benzene rings is 1. The molecule has 100 valence electrons. The molecular formula is C11H9F2N3O2S. The topological polar surface area (TPSA) is 70.9 Å². The van der Waals surface area contributed by atoms with Crippen molar-refractivity contribution in [1.82, 2.24) is 15.5 Å². The molecule has 0 saturated heterocycles. The first kappa shape index (κ1) is 13.3. The summed E-state index contributed by atoms with van der Waals surface area (Å²) in [6, 6.07) is 6.16. The van der Waals surface area contributed by atoms with Crippen LogP contribution in [0.15, 0.2) is 28.7 Å². The number of aromatic amines is 1. The normalized spacial score (nSPS) is 10.7. The van der Waals surface area contributed by atoms with Crippen LogP contribution >= 0.6 is 12.2 Å². The van der Waals surface area contributed by atoms with Crippen molar-refractivity contribution in [3.8, 4) is 11.5 Å². The van der Waals surface area contributed by atoms with Crippen LogP contribution in [0, 0.1) is 4.84 Å². The third-order valence-corrected chi connectivity index (χ3v) is 2.42. The number of rotatable bonds is 4. The molecule has 0 atom stereocenters. The maximum atomic E-state index is 11.9. The van der Waals surface area contributed by atoms with E-state index < -0.39 is 18.9 Å². The second-order valence-corrected chi connectivity index (χ2v) is 3.97. The minimum atomic E-state index is -2.57. The van der Waals surface area contributed by atoms with Gasteiger partial charge in [-0.25, -0.2) is 13.9 Å². The Morgan fingerprint density at radius 2 is 2.11 bits per heavy atom.